The van der Waals surface area contributed by atoms with Gasteiger partial charge in [-0.05, 0) is 49.5 Å². The predicted molar refractivity (Wildman–Crippen MR) is 85.7 cm³/mol. The standard InChI is InChI=1S/C16H20N2O3S/c1-22(19,20)21-12-2-3-13-14(9-17-16(13)8-12)15-10-18-6-4-11(15)5-7-18/h2-3,8-9,11,15,17H,4-7,10H2,1H3. The zero-order valence-corrected chi connectivity index (χ0v) is 13.4. The van der Waals surface area contributed by atoms with Crippen LogP contribution in [0.5, 0.6) is 5.75 Å². The number of nitrogens with zero attached hydrogens (tertiary/aromatic N) is 1. The molecule has 1 unspecified atom stereocenters. The molecule has 1 atom stereocenters. The molecule has 3 fully saturated rings. The number of hydrogen-bond acceptors (Lipinski definition) is 4. The maximum Gasteiger partial charge on any atom is 0.306 e. The maximum atomic E-state index is 11.2. The Morgan fingerprint density at radius 1 is 1.27 bits per heavy atom. The van der Waals surface area contributed by atoms with Gasteiger partial charge in [0.15, 0.2) is 0 Å². The summed E-state index contributed by atoms with van der Waals surface area (Å²) in [6.07, 6.45) is 5.71. The summed E-state index contributed by atoms with van der Waals surface area (Å²) in [5, 5.41) is 1.18. The third-order valence-corrected chi connectivity index (χ3v) is 5.48. The first kappa shape index (κ1) is 14.1. The molecule has 118 valence electrons. The Bertz CT molecular complexity index is 804. The molecule has 1 aromatic carbocycles. The van der Waals surface area contributed by atoms with Crippen LogP contribution in [0.25, 0.3) is 10.9 Å². The highest BCUT2D eigenvalue weighted by Crippen LogP contribution is 2.41. The lowest BCUT2D eigenvalue weighted by Crippen LogP contribution is -2.46. The number of aromatic amines is 1. The molecule has 22 heavy (non-hydrogen) atoms. The number of hydrogen-bond donors (Lipinski definition) is 1. The Morgan fingerprint density at radius 3 is 2.68 bits per heavy atom. The van der Waals surface area contributed by atoms with Crippen LogP contribution in [0.4, 0.5) is 0 Å². The lowest BCUT2D eigenvalue weighted by molar-refractivity contribution is 0.0876. The van der Waals surface area contributed by atoms with E-state index in [2.05, 4.69) is 16.1 Å². The van der Waals surface area contributed by atoms with Crippen LogP contribution in [0, 0.1) is 5.92 Å². The van der Waals surface area contributed by atoms with E-state index in [0.717, 1.165) is 24.2 Å². The van der Waals surface area contributed by atoms with Crippen LogP contribution in [0.1, 0.15) is 24.3 Å². The van der Waals surface area contributed by atoms with Gasteiger partial charge in [0, 0.05) is 35.6 Å². The average Bonchev–Trinajstić information content (AvgIpc) is 2.89. The first-order chi connectivity index (χ1) is 10.5. The summed E-state index contributed by atoms with van der Waals surface area (Å²) < 4.78 is 27.4. The second kappa shape index (κ2) is 4.99. The van der Waals surface area contributed by atoms with Crippen molar-refractivity contribution in [1.29, 1.82) is 0 Å². The molecule has 5 rings (SSSR count). The van der Waals surface area contributed by atoms with E-state index in [1.807, 2.05) is 6.07 Å². The highest BCUT2D eigenvalue weighted by atomic mass is 32.2. The van der Waals surface area contributed by atoms with Crippen LogP contribution in [0.15, 0.2) is 24.4 Å². The normalized spacial score (nSPS) is 28.1. The van der Waals surface area contributed by atoms with Gasteiger partial charge >= 0.3 is 10.1 Å². The molecule has 3 saturated heterocycles. The van der Waals surface area contributed by atoms with E-state index in [9.17, 15) is 8.42 Å². The number of H-pyrrole nitrogens is 1. The second-order valence-corrected chi connectivity index (χ2v) is 8.06. The highest BCUT2D eigenvalue weighted by Gasteiger charge is 2.35. The van der Waals surface area contributed by atoms with Gasteiger partial charge in [0.1, 0.15) is 5.75 Å². The molecule has 5 nitrogen and oxygen atoms in total. The fraction of sp³-hybridized carbons (Fsp3) is 0.500. The number of rotatable bonds is 3. The fourth-order valence-corrected chi connectivity index (χ4v) is 4.43. The minimum Gasteiger partial charge on any atom is -0.383 e. The first-order valence-electron chi connectivity index (χ1n) is 7.72. The summed E-state index contributed by atoms with van der Waals surface area (Å²) in [7, 11) is -3.49. The van der Waals surface area contributed by atoms with E-state index in [4.69, 9.17) is 4.18 Å². The van der Waals surface area contributed by atoms with Gasteiger partial charge in [-0.2, -0.15) is 8.42 Å². The van der Waals surface area contributed by atoms with Crippen molar-refractivity contribution in [2.24, 2.45) is 5.92 Å². The predicted octanol–water partition coefficient (Wildman–Crippen LogP) is 2.32. The summed E-state index contributed by atoms with van der Waals surface area (Å²) in [4.78, 5) is 5.82. The molecule has 2 aromatic rings. The van der Waals surface area contributed by atoms with Gasteiger partial charge in [-0.1, -0.05) is 0 Å². The van der Waals surface area contributed by atoms with Crippen LogP contribution in [0.2, 0.25) is 0 Å². The van der Waals surface area contributed by atoms with Crippen molar-refractivity contribution in [2.75, 3.05) is 25.9 Å². The summed E-state index contributed by atoms with van der Waals surface area (Å²) in [5.41, 5.74) is 2.29. The van der Waals surface area contributed by atoms with Gasteiger partial charge in [0.2, 0.25) is 0 Å². The third-order valence-electron chi connectivity index (χ3n) is 4.99. The topological polar surface area (TPSA) is 62.4 Å². The van der Waals surface area contributed by atoms with Gasteiger partial charge in [-0.25, -0.2) is 0 Å². The molecule has 1 aromatic heterocycles. The zero-order valence-electron chi connectivity index (χ0n) is 12.6. The summed E-state index contributed by atoms with van der Waals surface area (Å²) in [5.74, 6) is 1.71. The van der Waals surface area contributed by atoms with E-state index < -0.39 is 10.1 Å². The maximum absolute atomic E-state index is 11.2. The molecule has 2 bridgehead atoms. The zero-order chi connectivity index (χ0) is 15.3. The Balaban J connectivity index is 1.68. The van der Waals surface area contributed by atoms with Gasteiger partial charge < -0.3 is 14.1 Å². The summed E-state index contributed by atoms with van der Waals surface area (Å²) in [6.45, 7) is 3.60. The van der Waals surface area contributed by atoms with Crippen LogP contribution in [-0.4, -0.2) is 44.2 Å². The van der Waals surface area contributed by atoms with Crippen LogP contribution >= 0.6 is 0 Å². The largest absolute Gasteiger partial charge is 0.383 e. The Hall–Kier alpha value is -1.53. The van der Waals surface area contributed by atoms with Crippen molar-refractivity contribution in [3.8, 4) is 5.75 Å². The molecule has 6 heteroatoms. The van der Waals surface area contributed by atoms with Gasteiger partial charge in [-0.3, -0.25) is 0 Å². The lowest BCUT2D eigenvalue weighted by atomic mass is 9.75. The highest BCUT2D eigenvalue weighted by molar-refractivity contribution is 7.86. The molecular weight excluding hydrogens is 300 g/mol. The van der Waals surface area contributed by atoms with Gasteiger partial charge in [0.05, 0.1) is 6.26 Å². The first-order valence-corrected chi connectivity index (χ1v) is 9.54. The van der Waals surface area contributed by atoms with Gasteiger partial charge in [0.25, 0.3) is 0 Å². The molecule has 0 spiro atoms. The second-order valence-electron chi connectivity index (χ2n) is 6.48. The van der Waals surface area contributed by atoms with Crippen molar-refractivity contribution in [3.05, 3.63) is 30.0 Å². The number of piperidine rings is 3. The van der Waals surface area contributed by atoms with Crippen molar-refractivity contribution in [2.45, 2.75) is 18.8 Å². The van der Waals surface area contributed by atoms with E-state index in [1.165, 1.54) is 36.9 Å². The van der Waals surface area contributed by atoms with Crippen molar-refractivity contribution >= 4 is 21.0 Å². The number of nitrogens with one attached hydrogen (secondary N) is 1. The molecule has 3 aliphatic heterocycles. The van der Waals surface area contributed by atoms with E-state index in [1.54, 1.807) is 12.1 Å². The minimum absolute atomic E-state index is 0.359. The molecule has 4 heterocycles. The summed E-state index contributed by atoms with van der Waals surface area (Å²) >= 11 is 0. The summed E-state index contributed by atoms with van der Waals surface area (Å²) in [6, 6.07) is 5.47. The molecule has 0 radical (unpaired) electrons. The van der Waals surface area contributed by atoms with E-state index in [-0.39, 0.29) is 0 Å². The quantitative estimate of drug-likeness (QED) is 0.882. The van der Waals surface area contributed by atoms with Crippen molar-refractivity contribution in [1.82, 2.24) is 9.88 Å². The molecular formula is C16H20N2O3S. The lowest BCUT2D eigenvalue weighted by Gasteiger charge is -2.44. The van der Waals surface area contributed by atoms with E-state index >= 15 is 0 Å². The van der Waals surface area contributed by atoms with E-state index in [0.29, 0.717) is 11.7 Å². The number of benzene rings is 1. The Morgan fingerprint density at radius 2 is 2.05 bits per heavy atom. The monoisotopic (exact) mass is 320 g/mol. The van der Waals surface area contributed by atoms with Gasteiger partial charge in [-0.15, -0.1) is 0 Å². The van der Waals surface area contributed by atoms with Crippen LogP contribution in [0.3, 0.4) is 0 Å². The SMILES string of the molecule is CS(=O)(=O)Oc1ccc2c(C3CN4CCC3CC4)c[nH]c2c1. The molecule has 0 amide bonds. The number of aromatic nitrogens is 1. The Labute approximate surface area is 130 Å². The molecule has 0 saturated carbocycles. The molecule has 1 N–H and O–H groups in total. The van der Waals surface area contributed by atoms with Crippen LogP contribution < -0.4 is 4.18 Å². The smallest absolute Gasteiger partial charge is 0.306 e. The van der Waals surface area contributed by atoms with Crippen LogP contribution in [-0.2, 0) is 10.1 Å². The number of fused-ring (bicyclic) bond motifs is 4. The molecule has 3 aliphatic rings. The minimum atomic E-state index is -3.49. The van der Waals surface area contributed by atoms with Crippen molar-refractivity contribution in [3.63, 3.8) is 0 Å². The third kappa shape index (κ3) is 2.50. The average molecular weight is 320 g/mol. The van der Waals surface area contributed by atoms with Crippen molar-refractivity contribution < 1.29 is 12.6 Å². The fourth-order valence-electron chi connectivity index (χ4n) is 3.98. The Kier molecular flexibility index (Phi) is 3.20. The molecule has 0 aliphatic carbocycles.